The van der Waals surface area contributed by atoms with Crippen molar-refractivity contribution >= 4 is 23.7 Å². The standard InChI is InChI=1S/C14H17FN2O2S/c1-9(11-4-2-3-5-12(11)15)20-8-13(18)17-14(19)16-10-6-7-10/h2-5,9-10H,6-8H2,1H3,(H2,16,17,18,19)/t9-/m1/s1. The Labute approximate surface area is 121 Å². The summed E-state index contributed by atoms with van der Waals surface area (Å²) in [6.07, 6.45) is 1.95. The van der Waals surface area contributed by atoms with Crippen molar-refractivity contribution in [2.24, 2.45) is 0 Å². The molecule has 108 valence electrons. The van der Waals surface area contributed by atoms with Crippen LogP contribution in [0.2, 0.25) is 0 Å². The number of halogens is 1. The van der Waals surface area contributed by atoms with Crippen LogP contribution in [0.1, 0.15) is 30.6 Å². The molecule has 1 saturated carbocycles. The number of rotatable bonds is 5. The van der Waals surface area contributed by atoms with E-state index in [1.807, 2.05) is 6.92 Å². The second-order valence-corrected chi connectivity index (χ2v) is 6.10. The van der Waals surface area contributed by atoms with Gasteiger partial charge in [0.05, 0.1) is 5.75 Å². The number of benzene rings is 1. The Morgan fingerprint density at radius 1 is 1.40 bits per heavy atom. The average molecular weight is 296 g/mol. The fourth-order valence-electron chi connectivity index (χ4n) is 1.71. The first-order valence-corrected chi connectivity index (χ1v) is 7.57. The second kappa shape index (κ2) is 6.74. The van der Waals surface area contributed by atoms with E-state index in [0.29, 0.717) is 5.56 Å². The van der Waals surface area contributed by atoms with Crippen molar-refractivity contribution in [1.82, 2.24) is 10.6 Å². The molecule has 0 spiro atoms. The highest BCUT2D eigenvalue weighted by Crippen LogP contribution is 2.29. The van der Waals surface area contributed by atoms with E-state index < -0.39 is 6.03 Å². The largest absolute Gasteiger partial charge is 0.335 e. The molecule has 0 heterocycles. The molecule has 2 N–H and O–H groups in total. The van der Waals surface area contributed by atoms with Crippen LogP contribution in [0.5, 0.6) is 0 Å². The maximum atomic E-state index is 13.5. The Bertz CT molecular complexity index is 506. The maximum Gasteiger partial charge on any atom is 0.321 e. The number of hydrogen-bond acceptors (Lipinski definition) is 3. The van der Waals surface area contributed by atoms with Gasteiger partial charge in [0.25, 0.3) is 0 Å². The van der Waals surface area contributed by atoms with Crippen LogP contribution in [-0.2, 0) is 4.79 Å². The molecule has 3 amide bonds. The molecule has 0 bridgehead atoms. The summed E-state index contributed by atoms with van der Waals surface area (Å²) in [4.78, 5) is 22.9. The minimum atomic E-state index is -0.448. The number of carbonyl (C=O) groups is 2. The van der Waals surface area contributed by atoms with Crippen LogP contribution in [-0.4, -0.2) is 23.7 Å². The summed E-state index contributed by atoms with van der Waals surface area (Å²) >= 11 is 1.30. The zero-order valence-corrected chi connectivity index (χ0v) is 12.0. The lowest BCUT2D eigenvalue weighted by Crippen LogP contribution is -2.41. The van der Waals surface area contributed by atoms with E-state index in [1.54, 1.807) is 18.2 Å². The third-order valence-electron chi connectivity index (χ3n) is 2.97. The molecule has 0 aliphatic heterocycles. The minimum Gasteiger partial charge on any atom is -0.335 e. The van der Waals surface area contributed by atoms with E-state index in [4.69, 9.17) is 0 Å². The van der Waals surface area contributed by atoms with Gasteiger partial charge in [-0.25, -0.2) is 9.18 Å². The molecule has 1 aromatic rings. The Balaban J connectivity index is 1.75. The SMILES string of the molecule is C[C@@H](SCC(=O)NC(=O)NC1CC1)c1ccccc1F. The maximum absolute atomic E-state index is 13.5. The van der Waals surface area contributed by atoms with Crippen LogP contribution in [0.3, 0.4) is 0 Å². The number of urea groups is 1. The highest BCUT2D eigenvalue weighted by molar-refractivity contribution is 8.00. The van der Waals surface area contributed by atoms with Crippen molar-refractivity contribution in [3.05, 3.63) is 35.6 Å². The van der Waals surface area contributed by atoms with Gasteiger partial charge in [0.2, 0.25) is 5.91 Å². The number of amides is 3. The highest BCUT2D eigenvalue weighted by atomic mass is 32.2. The van der Waals surface area contributed by atoms with E-state index in [-0.39, 0.29) is 28.8 Å². The molecule has 20 heavy (non-hydrogen) atoms. The number of nitrogens with one attached hydrogen (secondary N) is 2. The van der Waals surface area contributed by atoms with Crippen LogP contribution in [0.4, 0.5) is 9.18 Å². The first-order chi connectivity index (χ1) is 9.56. The van der Waals surface area contributed by atoms with E-state index in [0.717, 1.165) is 12.8 Å². The number of imide groups is 1. The van der Waals surface area contributed by atoms with Gasteiger partial charge in [-0.3, -0.25) is 10.1 Å². The molecule has 0 unspecified atom stereocenters. The van der Waals surface area contributed by atoms with E-state index >= 15 is 0 Å². The highest BCUT2D eigenvalue weighted by Gasteiger charge is 2.24. The van der Waals surface area contributed by atoms with E-state index in [2.05, 4.69) is 10.6 Å². The molecule has 0 saturated heterocycles. The second-order valence-electron chi connectivity index (χ2n) is 4.77. The number of hydrogen-bond donors (Lipinski definition) is 2. The predicted octanol–water partition coefficient (Wildman–Crippen LogP) is 2.61. The fourth-order valence-corrected chi connectivity index (χ4v) is 2.55. The molecule has 1 fully saturated rings. The molecule has 1 aliphatic carbocycles. The van der Waals surface area contributed by atoms with Gasteiger partial charge in [-0.15, -0.1) is 11.8 Å². The van der Waals surface area contributed by atoms with Gasteiger partial charge >= 0.3 is 6.03 Å². The van der Waals surface area contributed by atoms with Crippen molar-refractivity contribution in [2.45, 2.75) is 31.1 Å². The van der Waals surface area contributed by atoms with Crippen LogP contribution in [0.15, 0.2) is 24.3 Å². The zero-order valence-electron chi connectivity index (χ0n) is 11.2. The molecule has 1 atom stereocenters. The minimum absolute atomic E-state index is 0.119. The van der Waals surface area contributed by atoms with Gasteiger partial charge in [-0.2, -0.15) is 0 Å². The van der Waals surface area contributed by atoms with Crippen molar-refractivity contribution < 1.29 is 14.0 Å². The number of thioether (sulfide) groups is 1. The van der Waals surface area contributed by atoms with E-state index in [9.17, 15) is 14.0 Å². The summed E-state index contributed by atoms with van der Waals surface area (Å²) in [6.45, 7) is 1.83. The van der Waals surface area contributed by atoms with Gasteiger partial charge < -0.3 is 5.32 Å². The monoisotopic (exact) mass is 296 g/mol. The normalized spacial score (nSPS) is 15.5. The third kappa shape index (κ3) is 4.52. The van der Waals surface area contributed by atoms with Crippen LogP contribution in [0.25, 0.3) is 0 Å². The molecular formula is C14H17FN2O2S. The Hall–Kier alpha value is -1.56. The summed E-state index contributed by atoms with van der Waals surface area (Å²) in [6, 6.07) is 6.26. The number of carbonyl (C=O) groups excluding carboxylic acids is 2. The lowest BCUT2D eigenvalue weighted by Gasteiger charge is -2.12. The van der Waals surface area contributed by atoms with Gasteiger partial charge in [0.15, 0.2) is 0 Å². The molecule has 2 rings (SSSR count). The smallest absolute Gasteiger partial charge is 0.321 e. The van der Waals surface area contributed by atoms with Crippen LogP contribution in [0, 0.1) is 5.82 Å². The zero-order chi connectivity index (χ0) is 14.5. The summed E-state index contributed by atoms with van der Waals surface area (Å²) in [5.41, 5.74) is 0.563. The first kappa shape index (κ1) is 14.8. The summed E-state index contributed by atoms with van der Waals surface area (Å²) in [5.74, 6) is -0.524. The van der Waals surface area contributed by atoms with Crippen molar-refractivity contribution in [1.29, 1.82) is 0 Å². The summed E-state index contributed by atoms with van der Waals surface area (Å²) < 4.78 is 13.5. The average Bonchev–Trinajstić information content (AvgIpc) is 3.20. The molecule has 0 aromatic heterocycles. The Morgan fingerprint density at radius 2 is 2.10 bits per heavy atom. The van der Waals surface area contributed by atoms with Gasteiger partial charge in [0.1, 0.15) is 5.82 Å². The Kier molecular flexibility index (Phi) is 5.00. The quantitative estimate of drug-likeness (QED) is 0.878. The van der Waals surface area contributed by atoms with Crippen molar-refractivity contribution in [3.8, 4) is 0 Å². The van der Waals surface area contributed by atoms with E-state index in [1.165, 1.54) is 17.8 Å². The lowest BCUT2D eigenvalue weighted by atomic mass is 10.1. The summed E-state index contributed by atoms with van der Waals surface area (Å²) in [7, 11) is 0. The Morgan fingerprint density at radius 3 is 2.75 bits per heavy atom. The first-order valence-electron chi connectivity index (χ1n) is 6.52. The third-order valence-corrected chi connectivity index (χ3v) is 4.16. The predicted molar refractivity (Wildman–Crippen MR) is 77.0 cm³/mol. The molecule has 6 heteroatoms. The van der Waals surface area contributed by atoms with Crippen molar-refractivity contribution in [2.75, 3.05) is 5.75 Å². The van der Waals surface area contributed by atoms with Crippen LogP contribution < -0.4 is 10.6 Å². The van der Waals surface area contributed by atoms with Crippen LogP contribution >= 0.6 is 11.8 Å². The lowest BCUT2D eigenvalue weighted by molar-refractivity contribution is -0.117. The van der Waals surface area contributed by atoms with Gasteiger partial charge in [-0.1, -0.05) is 18.2 Å². The molecule has 1 aromatic carbocycles. The molecule has 4 nitrogen and oxygen atoms in total. The molecular weight excluding hydrogens is 279 g/mol. The van der Waals surface area contributed by atoms with Gasteiger partial charge in [0, 0.05) is 16.9 Å². The van der Waals surface area contributed by atoms with Crippen molar-refractivity contribution in [3.63, 3.8) is 0 Å². The fraction of sp³-hybridized carbons (Fsp3) is 0.429. The molecule has 0 radical (unpaired) electrons. The molecule has 1 aliphatic rings. The topological polar surface area (TPSA) is 58.2 Å². The summed E-state index contributed by atoms with van der Waals surface area (Å²) in [5, 5.41) is 4.80. The van der Waals surface area contributed by atoms with Gasteiger partial charge in [-0.05, 0) is 25.8 Å².